The second-order valence-corrected chi connectivity index (χ2v) is 11.3. The van der Waals surface area contributed by atoms with Crippen molar-refractivity contribution >= 4 is 11.9 Å². The van der Waals surface area contributed by atoms with Crippen molar-refractivity contribution in [2.45, 2.75) is 168 Å². The maximum absolute atomic E-state index is 12.5. The fraction of sp³-hybridized carbons (Fsp3) is 0.684. The monoisotopic (exact) mass is 584 g/mol. The molecule has 0 aromatic rings. The van der Waals surface area contributed by atoms with Gasteiger partial charge in [-0.05, 0) is 83.5 Å². The Labute approximate surface area is 259 Å². The van der Waals surface area contributed by atoms with Crippen LogP contribution in [0, 0.1) is 0 Å². The number of esters is 1. The Morgan fingerprint density at radius 3 is 1.55 bits per heavy atom. The molecule has 0 aromatic carbocycles. The molecule has 0 rings (SSSR count). The van der Waals surface area contributed by atoms with Gasteiger partial charge >= 0.3 is 11.9 Å². The number of unbranched alkanes of at least 4 members (excludes halogenated alkanes) is 11. The van der Waals surface area contributed by atoms with Crippen molar-refractivity contribution in [3.63, 3.8) is 0 Å². The normalized spacial score (nSPS) is 13.0. The SMILES string of the molecule is CC/C=C\C/C=C\C/C=C\C/C=C\C/C=C\CCCCCC(=O)OC(CCCCC)CCCCCCCCCC(=O)O. The van der Waals surface area contributed by atoms with Gasteiger partial charge in [-0.2, -0.15) is 0 Å². The smallest absolute Gasteiger partial charge is 0.306 e. The van der Waals surface area contributed by atoms with Gasteiger partial charge < -0.3 is 9.84 Å². The van der Waals surface area contributed by atoms with Crippen molar-refractivity contribution in [1.82, 2.24) is 0 Å². The fourth-order valence-corrected chi connectivity index (χ4v) is 4.74. The van der Waals surface area contributed by atoms with Crippen LogP contribution in [0.2, 0.25) is 0 Å². The second-order valence-electron chi connectivity index (χ2n) is 11.3. The number of hydrogen-bond acceptors (Lipinski definition) is 3. The van der Waals surface area contributed by atoms with Gasteiger partial charge in [0, 0.05) is 12.8 Å². The lowest BCUT2D eigenvalue weighted by molar-refractivity contribution is -0.150. The Kier molecular flexibility index (Phi) is 31.3. The van der Waals surface area contributed by atoms with Gasteiger partial charge in [-0.15, -0.1) is 0 Å². The summed E-state index contributed by atoms with van der Waals surface area (Å²) in [6.07, 6.45) is 45.4. The molecule has 1 N–H and O–H groups in total. The summed E-state index contributed by atoms with van der Waals surface area (Å²) in [6.45, 7) is 4.36. The van der Waals surface area contributed by atoms with E-state index in [4.69, 9.17) is 9.84 Å². The number of hydrogen-bond donors (Lipinski definition) is 1. The third-order valence-corrected chi connectivity index (χ3v) is 7.25. The molecule has 0 fully saturated rings. The number of carboxylic acids is 1. The average Bonchev–Trinajstić information content (AvgIpc) is 2.97. The lowest BCUT2D eigenvalue weighted by atomic mass is 10.0. The second kappa shape index (κ2) is 33.1. The average molecular weight is 585 g/mol. The maximum atomic E-state index is 12.5. The molecule has 0 aliphatic rings. The zero-order valence-electron chi connectivity index (χ0n) is 27.3. The fourth-order valence-electron chi connectivity index (χ4n) is 4.74. The van der Waals surface area contributed by atoms with Crippen molar-refractivity contribution in [2.75, 3.05) is 0 Å². The molecule has 0 bridgehead atoms. The lowest BCUT2D eigenvalue weighted by Gasteiger charge is -2.18. The highest BCUT2D eigenvalue weighted by Crippen LogP contribution is 2.17. The van der Waals surface area contributed by atoms with Crippen LogP contribution in [0.1, 0.15) is 162 Å². The molecule has 0 amide bonds. The van der Waals surface area contributed by atoms with Gasteiger partial charge in [0.05, 0.1) is 0 Å². The molecule has 1 atom stereocenters. The predicted molar refractivity (Wildman–Crippen MR) is 181 cm³/mol. The van der Waals surface area contributed by atoms with Gasteiger partial charge in [0.1, 0.15) is 6.10 Å². The standard InChI is InChI=1S/C38H64O4/c1-3-5-7-8-9-10-11-12-13-14-15-16-17-18-19-20-24-27-31-35-38(41)42-36(32-28-6-4-2)33-29-25-22-21-23-26-30-34-37(39)40/h5,7,9-10,12-13,15-16,18-19,36H,3-4,6,8,11,14,17,20-35H2,1-2H3,(H,39,40)/b7-5-,10-9-,13-12-,16-15-,19-18-. The van der Waals surface area contributed by atoms with E-state index in [-0.39, 0.29) is 18.5 Å². The van der Waals surface area contributed by atoms with E-state index in [1.165, 1.54) is 25.7 Å². The molecule has 4 nitrogen and oxygen atoms in total. The zero-order valence-corrected chi connectivity index (χ0v) is 27.3. The summed E-state index contributed by atoms with van der Waals surface area (Å²) in [7, 11) is 0. The molecule has 4 heteroatoms. The first-order valence-electron chi connectivity index (χ1n) is 17.3. The first-order chi connectivity index (χ1) is 20.6. The molecule has 0 heterocycles. The van der Waals surface area contributed by atoms with Crippen LogP contribution in [0.5, 0.6) is 0 Å². The molecule has 240 valence electrons. The molecule has 42 heavy (non-hydrogen) atoms. The number of aliphatic carboxylic acids is 1. The summed E-state index contributed by atoms with van der Waals surface area (Å²) >= 11 is 0. The van der Waals surface area contributed by atoms with Crippen LogP contribution < -0.4 is 0 Å². The number of ether oxygens (including phenoxy) is 1. The maximum Gasteiger partial charge on any atom is 0.306 e. The Morgan fingerprint density at radius 2 is 1.00 bits per heavy atom. The molecule has 0 saturated heterocycles. The van der Waals surface area contributed by atoms with Crippen LogP contribution >= 0.6 is 0 Å². The molecule has 0 radical (unpaired) electrons. The summed E-state index contributed by atoms with van der Waals surface area (Å²) in [6, 6.07) is 0. The summed E-state index contributed by atoms with van der Waals surface area (Å²) < 4.78 is 5.89. The number of rotatable bonds is 30. The number of carbonyl (C=O) groups excluding carboxylic acids is 1. The molecule has 1 unspecified atom stereocenters. The van der Waals surface area contributed by atoms with E-state index in [2.05, 4.69) is 74.6 Å². The Morgan fingerprint density at radius 1 is 0.548 bits per heavy atom. The molecular formula is C38H64O4. The molecule has 0 aliphatic heterocycles. The van der Waals surface area contributed by atoms with E-state index < -0.39 is 5.97 Å². The summed E-state index contributed by atoms with van der Waals surface area (Å²) in [5.74, 6) is -0.718. The minimum absolute atomic E-state index is 0.0233. The summed E-state index contributed by atoms with van der Waals surface area (Å²) in [5, 5.41) is 8.70. The van der Waals surface area contributed by atoms with Crippen LogP contribution in [-0.2, 0) is 14.3 Å². The predicted octanol–water partition coefficient (Wildman–Crippen LogP) is 11.8. The molecule has 0 aromatic heterocycles. The molecule has 0 saturated carbocycles. The highest BCUT2D eigenvalue weighted by Gasteiger charge is 2.14. The van der Waals surface area contributed by atoms with E-state index in [9.17, 15) is 9.59 Å². The summed E-state index contributed by atoms with van der Waals surface area (Å²) in [4.78, 5) is 23.0. The van der Waals surface area contributed by atoms with Gasteiger partial charge in [0.2, 0.25) is 0 Å². The lowest BCUT2D eigenvalue weighted by Crippen LogP contribution is -2.18. The van der Waals surface area contributed by atoms with E-state index in [0.717, 1.165) is 109 Å². The topological polar surface area (TPSA) is 63.6 Å². The zero-order chi connectivity index (χ0) is 30.8. The van der Waals surface area contributed by atoms with E-state index in [1.807, 2.05) is 0 Å². The van der Waals surface area contributed by atoms with Gasteiger partial charge in [-0.1, -0.05) is 126 Å². The van der Waals surface area contributed by atoms with Crippen molar-refractivity contribution in [1.29, 1.82) is 0 Å². The van der Waals surface area contributed by atoms with E-state index in [0.29, 0.717) is 6.42 Å². The number of allylic oxidation sites excluding steroid dienone is 10. The molecule has 0 spiro atoms. The van der Waals surface area contributed by atoms with E-state index >= 15 is 0 Å². The number of carboxylic acid groups (broad SMARTS) is 1. The van der Waals surface area contributed by atoms with Crippen LogP contribution in [0.4, 0.5) is 0 Å². The van der Waals surface area contributed by atoms with Crippen molar-refractivity contribution in [2.24, 2.45) is 0 Å². The highest BCUT2D eigenvalue weighted by molar-refractivity contribution is 5.69. The van der Waals surface area contributed by atoms with Gasteiger partial charge in [-0.25, -0.2) is 0 Å². The molecule has 0 aliphatic carbocycles. The Bertz CT molecular complexity index is 759. The Hall–Kier alpha value is -2.36. The third kappa shape index (κ3) is 32.2. The van der Waals surface area contributed by atoms with Crippen LogP contribution in [0.15, 0.2) is 60.8 Å². The van der Waals surface area contributed by atoms with Crippen molar-refractivity contribution in [3.05, 3.63) is 60.8 Å². The summed E-state index contributed by atoms with van der Waals surface area (Å²) in [5.41, 5.74) is 0. The Balaban J connectivity index is 3.86. The first kappa shape index (κ1) is 39.6. The largest absolute Gasteiger partial charge is 0.481 e. The first-order valence-corrected chi connectivity index (χ1v) is 17.3. The van der Waals surface area contributed by atoms with E-state index in [1.54, 1.807) is 0 Å². The van der Waals surface area contributed by atoms with Crippen molar-refractivity contribution < 1.29 is 19.4 Å². The number of carbonyl (C=O) groups is 2. The minimum atomic E-state index is -0.694. The van der Waals surface area contributed by atoms with Crippen molar-refractivity contribution in [3.8, 4) is 0 Å². The van der Waals surface area contributed by atoms with Gasteiger partial charge in [0.25, 0.3) is 0 Å². The van der Waals surface area contributed by atoms with Gasteiger partial charge in [0.15, 0.2) is 0 Å². The highest BCUT2D eigenvalue weighted by atomic mass is 16.5. The minimum Gasteiger partial charge on any atom is -0.481 e. The van der Waals surface area contributed by atoms with Crippen LogP contribution in [0.25, 0.3) is 0 Å². The van der Waals surface area contributed by atoms with Crippen LogP contribution in [0.3, 0.4) is 0 Å². The molecular weight excluding hydrogens is 520 g/mol. The van der Waals surface area contributed by atoms with Crippen LogP contribution in [-0.4, -0.2) is 23.1 Å². The quantitative estimate of drug-likeness (QED) is 0.0518. The third-order valence-electron chi connectivity index (χ3n) is 7.25. The van der Waals surface area contributed by atoms with Gasteiger partial charge in [-0.3, -0.25) is 9.59 Å².